The van der Waals surface area contributed by atoms with Crippen molar-refractivity contribution in [3.05, 3.63) is 0 Å². The molecule has 1 amide bonds. The predicted molar refractivity (Wildman–Crippen MR) is 40.9 cm³/mol. The van der Waals surface area contributed by atoms with E-state index < -0.39 is 12.0 Å². The van der Waals surface area contributed by atoms with E-state index in [9.17, 15) is 13.6 Å². The molecule has 12 heavy (non-hydrogen) atoms. The Morgan fingerprint density at radius 1 is 1.58 bits per heavy atom. The fourth-order valence-corrected chi connectivity index (χ4v) is 0.803. The van der Waals surface area contributed by atoms with Crippen LogP contribution in [-0.2, 0) is 4.79 Å². The zero-order valence-corrected chi connectivity index (χ0v) is 7.23. The topological polar surface area (TPSA) is 29.1 Å². The molecule has 1 N–H and O–H groups in total. The summed E-state index contributed by atoms with van der Waals surface area (Å²) >= 11 is 0. The molecule has 1 unspecified atom stereocenters. The Hall–Kier alpha value is -0.670. The van der Waals surface area contributed by atoms with Gasteiger partial charge in [0.05, 0.1) is 6.04 Å². The number of hydrogen-bond acceptors (Lipinski definition) is 1. The number of alkyl halides is 2. The first kappa shape index (κ1) is 9.42. The number of hydrogen-bond donors (Lipinski definition) is 1. The van der Waals surface area contributed by atoms with Crippen LogP contribution >= 0.6 is 0 Å². The molecule has 0 heterocycles. The molecular formula is C8H13F2NO. The third-order valence-electron chi connectivity index (χ3n) is 2.07. The summed E-state index contributed by atoms with van der Waals surface area (Å²) in [6.45, 7) is 2.13. The van der Waals surface area contributed by atoms with Crippen molar-refractivity contribution in [2.75, 3.05) is 0 Å². The highest BCUT2D eigenvalue weighted by molar-refractivity contribution is 5.81. The summed E-state index contributed by atoms with van der Waals surface area (Å²) in [4.78, 5) is 11.0. The molecule has 0 saturated heterocycles. The molecule has 0 bridgehead atoms. The third-order valence-corrected chi connectivity index (χ3v) is 2.07. The first-order valence-corrected chi connectivity index (χ1v) is 4.09. The molecule has 70 valence electrons. The third kappa shape index (κ3) is 2.43. The van der Waals surface area contributed by atoms with E-state index in [1.807, 2.05) is 0 Å². The number of amides is 1. The van der Waals surface area contributed by atoms with Gasteiger partial charge >= 0.3 is 0 Å². The van der Waals surface area contributed by atoms with Gasteiger partial charge in [0.25, 0.3) is 5.92 Å². The maximum Gasteiger partial charge on any atom is 0.264 e. The monoisotopic (exact) mass is 177 g/mol. The van der Waals surface area contributed by atoms with E-state index in [2.05, 4.69) is 5.32 Å². The Morgan fingerprint density at radius 2 is 2.08 bits per heavy atom. The first-order chi connectivity index (χ1) is 5.41. The molecule has 0 aromatic rings. The molecule has 0 aromatic carbocycles. The van der Waals surface area contributed by atoms with Crippen LogP contribution in [0.2, 0.25) is 0 Å². The van der Waals surface area contributed by atoms with Crippen molar-refractivity contribution in [3.8, 4) is 0 Å². The standard InChI is InChI=1S/C8H13F2NO/c1-5(8(2,9)10)11-7(12)6-3-4-6/h5-6H,3-4H2,1-2H3,(H,11,12). The highest BCUT2D eigenvalue weighted by atomic mass is 19.3. The van der Waals surface area contributed by atoms with Gasteiger partial charge in [0, 0.05) is 12.8 Å². The largest absolute Gasteiger partial charge is 0.347 e. The number of rotatable bonds is 3. The lowest BCUT2D eigenvalue weighted by Gasteiger charge is -2.20. The normalized spacial score (nSPS) is 20.3. The second-order valence-electron chi connectivity index (χ2n) is 3.46. The summed E-state index contributed by atoms with van der Waals surface area (Å²) in [5.41, 5.74) is 0. The van der Waals surface area contributed by atoms with Crippen molar-refractivity contribution < 1.29 is 13.6 Å². The Bertz CT molecular complexity index is 184. The van der Waals surface area contributed by atoms with Gasteiger partial charge in [-0.15, -0.1) is 0 Å². The van der Waals surface area contributed by atoms with Crippen LogP contribution in [0, 0.1) is 5.92 Å². The van der Waals surface area contributed by atoms with Crippen molar-refractivity contribution in [1.82, 2.24) is 5.32 Å². The highest BCUT2D eigenvalue weighted by Gasteiger charge is 2.36. The summed E-state index contributed by atoms with van der Waals surface area (Å²) in [6, 6.07) is -1.06. The molecule has 4 heteroatoms. The van der Waals surface area contributed by atoms with Crippen LogP contribution in [0.3, 0.4) is 0 Å². The molecule has 0 aliphatic heterocycles. The number of nitrogens with one attached hydrogen (secondary N) is 1. The van der Waals surface area contributed by atoms with Gasteiger partial charge in [-0.1, -0.05) is 0 Å². The van der Waals surface area contributed by atoms with Crippen LogP contribution in [0.1, 0.15) is 26.7 Å². The van der Waals surface area contributed by atoms with Gasteiger partial charge in [0.2, 0.25) is 5.91 Å². The van der Waals surface area contributed by atoms with Crippen LogP contribution in [0.5, 0.6) is 0 Å². The van der Waals surface area contributed by atoms with Gasteiger partial charge in [0.1, 0.15) is 0 Å². The Kier molecular flexibility index (Phi) is 2.35. The summed E-state index contributed by atoms with van der Waals surface area (Å²) < 4.78 is 25.1. The molecule has 0 aromatic heterocycles. The van der Waals surface area contributed by atoms with Gasteiger partial charge in [-0.05, 0) is 19.8 Å². The van der Waals surface area contributed by atoms with Gasteiger partial charge < -0.3 is 5.32 Å². The van der Waals surface area contributed by atoms with Crippen LogP contribution < -0.4 is 5.32 Å². The average Bonchev–Trinajstić information content (AvgIpc) is 2.65. The lowest BCUT2D eigenvalue weighted by atomic mass is 10.2. The minimum atomic E-state index is -2.83. The zero-order chi connectivity index (χ0) is 9.35. The molecular weight excluding hydrogens is 164 g/mol. The van der Waals surface area contributed by atoms with E-state index in [0.717, 1.165) is 19.8 Å². The highest BCUT2D eigenvalue weighted by Crippen LogP contribution is 2.29. The van der Waals surface area contributed by atoms with E-state index in [1.54, 1.807) is 0 Å². The molecule has 2 nitrogen and oxygen atoms in total. The van der Waals surface area contributed by atoms with Crippen LogP contribution in [-0.4, -0.2) is 17.9 Å². The lowest BCUT2D eigenvalue weighted by molar-refractivity contribution is -0.125. The molecule has 0 spiro atoms. The maximum absolute atomic E-state index is 12.5. The van der Waals surface area contributed by atoms with Crippen molar-refractivity contribution in [3.63, 3.8) is 0 Å². The smallest absolute Gasteiger partial charge is 0.264 e. The Labute approximate surface area is 70.3 Å². The van der Waals surface area contributed by atoms with Gasteiger partial charge in [-0.2, -0.15) is 0 Å². The van der Waals surface area contributed by atoms with Crippen molar-refractivity contribution in [1.29, 1.82) is 0 Å². The van der Waals surface area contributed by atoms with Gasteiger partial charge in [-0.25, -0.2) is 8.78 Å². The van der Waals surface area contributed by atoms with Crippen LogP contribution in [0.15, 0.2) is 0 Å². The van der Waals surface area contributed by atoms with Crippen molar-refractivity contribution in [2.24, 2.45) is 5.92 Å². The molecule has 1 rings (SSSR count). The molecule has 1 saturated carbocycles. The van der Waals surface area contributed by atoms with Crippen molar-refractivity contribution in [2.45, 2.75) is 38.7 Å². The van der Waals surface area contributed by atoms with E-state index in [0.29, 0.717) is 0 Å². The van der Waals surface area contributed by atoms with Crippen LogP contribution in [0.25, 0.3) is 0 Å². The first-order valence-electron chi connectivity index (χ1n) is 4.09. The molecule has 1 atom stereocenters. The maximum atomic E-state index is 12.5. The van der Waals surface area contributed by atoms with Gasteiger partial charge in [-0.3, -0.25) is 4.79 Å². The molecule has 1 aliphatic carbocycles. The number of halogens is 2. The summed E-state index contributed by atoms with van der Waals surface area (Å²) in [5, 5.41) is 2.29. The summed E-state index contributed by atoms with van der Waals surface area (Å²) in [5.74, 6) is -3.07. The molecule has 1 aliphatic rings. The minimum absolute atomic E-state index is 0.00481. The van der Waals surface area contributed by atoms with E-state index >= 15 is 0 Å². The average molecular weight is 177 g/mol. The fraction of sp³-hybridized carbons (Fsp3) is 0.875. The van der Waals surface area contributed by atoms with Crippen LogP contribution in [0.4, 0.5) is 8.78 Å². The van der Waals surface area contributed by atoms with E-state index in [4.69, 9.17) is 0 Å². The van der Waals surface area contributed by atoms with E-state index in [1.165, 1.54) is 6.92 Å². The lowest BCUT2D eigenvalue weighted by Crippen LogP contribution is -2.44. The molecule has 1 fully saturated rings. The molecule has 0 radical (unpaired) electrons. The van der Waals surface area contributed by atoms with Crippen molar-refractivity contribution >= 4 is 5.91 Å². The number of carbonyl (C=O) groups is 1. The number of carbonyl (C=O) groups excluding carboxylic acids is 1. The second kappa shape index (κ2) is 2.99. The zero-order valence-electron chi connectivity index (χ0n) is 7.23. The second-order valence-corrected chi connectivity index (χ2v) is 3.46. The minimum Gasteiger partial charge on any atom is -0.347 e. The summed E-state index contributed by atoms with van der Waals surface area (Å²) in [7, 11) is 0. The quantitative estimate of drug-likeness (QED) is 0.696. The SMILES string of the molecule is CC(NC(=O)C1CC1)C(C)(F)F. The fourth-order valence-electron chi connectivity index (χ4n) is 0.803. The predicted octanol–water partition coefficient (Wildman–Crippen LogP) is 1.56. The Balaban J connectivity index is 2.34. The summed E-state index contributed by atoms with van der Waals surface area (Å²) in [6.07, 6.45) is 1.68. The van der Waals surface area contributed by atoms with Gasteiger partial charge in [0.15, 0.2) is 0 Å². The Morgan fingerprint density at radius 3 is 2.42 bits per heavy atom. The van der Waals surface area contributed by atoms with E-state index in [-0.39, 0.29) is 11.8 Å².